The summed E-state index contributed by atoms with van der Waals surface area (Å²) in [4.78, 5) is 35.3. The maximum Gasteiger partial charge on any atom is 0.305 e. The minimum atomic E-state index is -0.292. The maximum atomic E-state index is 12.3. The molecule has 26 heavy (non-hydrogen) atoms. The van der Waals surface area contributed by atoms with Gasteiger partial charge >= 0.3 is 5.97 Å². The number of hydrogen-bond donors (Lipinski definition) is 3. The fraction of sp³-hybridized carbons (Fsp3) is 0.526. The van der Waals surface area contributed by atoms with Crippen molar-refractivity contribution in [1.29, 1.82) is 0 Å². The molecule has 2 amide bonds. The lowest BCUT2D eigenvalue weighted by atomic mass is 9.86. The Morgan fingerprint density at radius 2 is 1.77 bits per heavy atom. The normalized spacial score (nSPS) is 19.5. The van der Waals surface area contributed by atoms with Crippen LogP contribution in [-0.4, -0.2) is 37.5 Å². The Hall–Kier alpha value is -2.41. The van der Waals surface area contributed by atoms with Crippen LogP contribution in [0.1, 0.15) is 48.9 Å². The van der Waals surface area contributed by atoms with E-state index < -0.39 is 0 Å². The van der Waals surface area contributed by atoms with Crippen LogP contribution in [0, 0.1) is 5.92 Å². The zero-order valence-corrected chi connectivity index (χ0v) is 15.1. The fourth-order valence-electron chi connectivity index (χ4n) is 2.97. The highest BCUT2D eigenvalue weighted by Crippen LogP contribution is 2.24. The van der Waals surface area contributed by atoms with E-state index in [1.165, 1.54) is 7.11 Å². The molecule has 1 aliphatic rings. The molecule has 0 atom stereocenters. The molecule has 1 aromatic carbocycles. The molecule has 0 aromatic heterocycles. The van der Waals surface area contributed by atoms with Crippen molar-refractivity contribution in [1.82, 2.24) is 5.32 Å². The highest BCUT2D eigenvalue weighted by molar-refractivity contribution is 5.96. The quantitative estimate of drug-likeness (QED) is 0.507. The third-order valence-electron chi connectivity index (χ3n) is 4.63. The van der Waals surface area contributed by atoms with Crippen LogP contribution < -0.4 is 16.4 Å². The molecule has 0 spiro atoms. The summed E-state index contributed by atoms with van der Waals surface area (Å²) < 4.78 is 4.54. The molecule has 142 valence electrons. The summed E-state index contributed by atoms with van der Waals surface area (Å²) in [5, 5.41) is 5.65. The third kappa shape index (κ3) is 6.15. The zero-order valence-electron chi connectivity index (χ0n) is 15.1. The highest BCUT2D eigenvalue weighted by Gasteiger charge is 2.24. The summed E-state index contributed by atoms with van der Waals surface area (Å²) >= 11 is 0. The van der Waals surface area contributed by atoms with Crippen molar-refractivity contribution in [2.75, 3.05) is 19.0 Å². The van der Waals surface area contributed by atoms with Crippen molar-refractivity contribution in [3.05, 3.63) is 29.8 Å². The largest absolute Gasteiger partial charge is 0.469 e. The number of nitrogens with two attached hydrogens (primary N) is 1. The van der Waals surface area contributed by atoms with Gasteiger partial charge in [0.15, 0.2) is 0 Å². The van der Waals surface area contributed by atoms with Crippen molar-refractivity contribution in [2.24, 2.45) is 11.7 Å². The number of esters is 1. The van der Waals surface area contributed by atoms with Gasteiger partial charge in [-0.25, -0.2) is 0 Å². The van der Waals surface area contributed by atoms with Crippen molar-refractivity contribution < 1.29 is 19.1 Å². The van der Waals surface area contributed by atoms with Crippen molar-refractivity contribution in [2.45, 2.75) is 44.6 Å². The molecule has 1 aromatic rings. The van der Waals surface area contributed by atoms with E-state index in [-0.39, 0.29) is 36.2 Å². The van der Waals surface area contributed by atoms with Crippen LogP contribution in [0.5, 0.6) is 0 Å². The van der Waals surface area contributed by atoms with E-state index >= 15 is 0 Å². The minimum Gasteiger partial charge on any atom is -0.469 e. The van der Waals surface area contributed by atoms with E-state index in [1.807, 2.05) is 0 Å². The number of anilines is 1. The monoisotopic (exact) mass is 361 g/mol. The predicted octanol–water partition coefficient (Wildman–Crippen LogP) is 1.83. The number of carbonyl (C=O) groups excluding carboxylic acids is 3. The van der Waals surface area contributed by atoms with Gasteiger partial charge in [-0.2, -0.15) is 0 Å². The van der Waals surface area contributed by atoms with Gasteiger partial charge in [0.25, 0.3) is 5.91 Å². The lowest BCUT2D eigenvalue weighted by Gasteiger charge is -2.25. The molecular formula is C19H27N3O4. The number of nitrogens with one attached hydrogen (secondary N) is 2. The van der Waals surface area contributed by atoms with Crippen molar-refractivity contribution in [3.8, 4) is 0 Å². The van der Waals surface area contributed by atoms with Crippen LogP contribution >= 0.6 is 0 Å². The average Bonchev–Trinajstić information content (AvgIpc) is 2.65. The van der Waals surface area contributed by atoms with Gasteiger partial charge in [0.05, 0.1) is 7.11 Å². The van der Waals surface area contributed by atoms with Gasteiger partial charge in [0.1, 0.15) is 0 Å². The fourth-order valence-corrected chi connectivity index (χ4v) is 2.97. The van der Waals surface area contributed by atoms with E-state index in [1.54, 1.807) is 24.3 Å². The molecule has 1 fully saturated rings. The Balaban J connectivity index is 1.77. The molecule has 7 nitrogen and oxygen atoms in total. The summed E-state index contributed by atoms with van der Waals surface area (Å²) in [6.45, 7) is 0.399. The number of benzene rings is 1. The highest BCUT2D eigenvalue weighted by atomic mass is 16.5. The second-order valence-electron chi connectivity index (χ2n) is 6.61. The van der Waals surface area contributed by atoms with Crippen LogP contribution in [0.15, 0.2) is 24.3 Å². The molecule has 4 N–H and O–H groups in total. The standard InChI is InChI=1S/C19H27N3O4/c1-26-17(23)3-2-12-21-18(24)13-6-10-16(11-7-13)22-19(25)14-4-8-15(20)9-5-14/h6-7,10-11,14-15H,2-5,8-9,12,20H2,1H3,(H,21,24)(H,22,25). The SMILES string of the molecule is COC(=O)CCCNC(=O)c1ccc(NC(=O)C2CCC(N)CC2)cc1. The Kier molecular flexibility index (Phi) is 7.59. The first-order valence-corrected chi connectivity index (χ1v) is 9.01. The minimum absolute atomic E-state index is 0.00702. The van der Waals surface area contributed by atoms with E-state index in [2.05, 4.69) is 15.4 Å². The molecule has 0 saturated heterocycles. The van der Waals surface area contributed by atoms with E-state index in [9.17, 15) is 14.4 Å². The molecule has 0 bridgehead atoms. The average molecular weight is 361 g/mol. The topological polar surface area (TPSA) is 111 Å². The lowest BCUT2D eigenvalue weighted by Crippen LogP contribution is -2.32. The van der Waals surface area contributed by atoms with E-state index in [0.717, 1.165) is 25.7 Å². The van der Waals surface area contributed by atoms with Gasteiger partial charge in [-0.1, -0.05) is 0 Å². The molecule has 0 unspecified atom stereocenters. The van der Waals surface area contributed by atoms with Crippen LogP contribution in [0.3, 0.4) is 0 Å². The second-order valence-corrected chi connectivity index (χ2v) is 6.61. The van der Waals surface area contributed by atoms with Gasteiger partial charge in [-0.3, -0.25) is 14.4 Å². The Labute approximate surface area is 153 Å². The number of hydrogen-bond acceptors (Lipinski definition) is 5. The van der Waals surface area contributed by atoms with Gasteiger partial charge < -0.3 is 21.1 Å². The smallest absolute Gasteiger partial charge is 0.305 e. The number of carbonyl (C=O) groups is 3. The molecule has 0 aliphatic heterocycles. The lowest BCUT2D eigenvalue weighted by molar-refractivity contribution is -0.140. The van der Waals surface area contributed by atoms with E-state index in [0.29, 0.717) is 24.2 Å². The number of amides is 2. The third-order valence-corrected chi connectivity index (χ3v) is 4.63. The molecule has 1 aliphatic carbocycles. The van der Waals surface area contributed by atoms with Crippen LogP contribution in [0.25, 0.3) is 0 Å². The summed E-state index contributed by atoms with van der Waals surface area (Å²) in [5.41, 5.74) is 7.05. The number of methoxy groups -OCH3 is 1. The van der Waals surface area contributed by atoms with Gasteiger partial charge in [0, 0.05) is 36.2 Å². The van der Waals surface area contributed by atoms with Gasteiger partial charge in [0.2, 0.25) is 5.91 Å². The first-order chi connectivity index (χ1) is 12.5. The Morgan fingerprint density at radius 1 is 1.12 bits per heavy atom. The maximum absolute atomic E-state index is 12.3. The molecule has 2 rings (SSSR count). The van der Waals surface area contributed by atoms with Crippen molar-refractivity contribution >= 4 is 23.5 Å². The van der Waals surface area contributed by atoms with Gasteiger partial charge in [-0.05, 0) is 56.4 Å². The summed E-state index contributed by atoms with van der Waals surface area (Å²) in [7, 11) is 1.34. The summed E-state index contributed by atoms with van der Waals surface area (Å²) in [5.74, 6) is -0.488. The van der Waals surface area contributed by atoms with Crippen LogP contribution in [0.4, 0.5) is 5.69 Å². The Bertz CT molecular complexity index is 622. The summed E-state index contributed by atoms with van der Waals surface area (Å²) in [6.07, 6.45) is 4.20. The first-order valence-electron chi connectivity index (χ1n) is 9.01. The molecular weight excluding hydrogens is 334 g/mol. The molecule has 1 saturated carbocycles. The zero-order chi connectivity index (χ0) is 18.9. The molecule has 0 heterocycles. The van der Waals surface area contributed by atoms with Crippen LogP contribution in [0.2, 0.25) is 0 Å². The number of ether oxygens (including phenoxy) is 1. The molecule has 0 radical (unpaired) electrons. The summed E-state index contributed by atoms with van der Waals surface area (Å²) in [6, 6.07) is 6.99. The predicted molar refractivity (Wildman–Crippen MR) is 98.6 cm³/mol. The molecule has 7 heteroatoms. The van der Waals surface area contributed by atoms with Gasteiger partial charge in [-0.15, -0.1) is 0 Å². The van der Waals surface area contributed by atoms with Crippen LogP contribution in [-0.2, 0) is 14.3 Å². The van der Waals surface area contributed by atoms with Crippen molar-refractivity contribution in [3.63, 3.8) is 0 Å². The first kappa shape index (κ1) is 19.9. The Morgan fingerprint density at radius 3 is 2.38 bits per heavy atom. The van der Waals surface area contributed by atoms with E-state index in [4.69, 9.17) is 5.73 Å². The second kappa shape index (κ2) is 9.91. The number of rotatable bonds is 7.